The zero-order valence-electron chi connectivity index (χ0n) is 9.26. The van der Waals surface area contributed by atoms with Gasteiger partial charge in [-0.05, 0) is 25.1 Å². The number of nitrogens with one attached hydrogen (secondary N) is 1. The minimum atomic E-state index is 0.134. The van der Waals surface area contributed by atoms with Crippen LogP contribution >= 0.6 is 0 Å². The fourth-order valence-electron chi connectivity index (χ4n) is 1.35. The molecule has 17 heavy (non-hydrogen) atoms. The highest BCUT2D eigenvalue weighted by atomic mass is 16.4. The molecule has 0 saturated carbocycles. The summed E-state index contributed by atoms with van der Waals surface area (Å²) in [6, 6.07) is 7.10. The SMILES string of the molecule is NCCCc1nnc(Nc2ccccc2O)o1. The molecule has 0 amide bonds. The molecule has 2 rings (SSSR count). The van der Waals surface area contributed by atoms with Gasteiger partial charge >= 0.3 is 6.01 Å². The van der Waals surface area contributed by atoms with E-state index >= 15 is 0 Å². The molecule has 0 saturated heterocycles. The molecule has 0 aliphatic heterocycles. The maximum Gasteiger partial charge on any atom is 0.320 e. The monoisotopic (exact) mass is 234 g/mol. The Kier molecular flexibility index (Phi) is 3.56. The summed E-state index contributed by atoms with van der Waals surface area (Å²) in [5, 5.41) is 20.1. The molecule has 0 aliphatic rings. The summed E-state index contributed by atoms with van der Waals surface area (Å²) in [5.41, 5.74) is 5.92. The first-order valence-electron chi connectivity index (χ1n) is 5.37. The lowest BCUT2D eigenvalue weighted by atomic mass is 10.3. The van der Waals surface area contributed by atoms with E-state index in [4.69, 9.17) is 10.2 Å². The molecule has 0 bridgehead atoms. The van der Waals surface area contributed by atoms with Crippen LogP contribution in [0, 0.1) is 0 Å². The Balaban J connectivity index is 2.04. The third-order valence-electron chi connectivity index (χ3n) is 2.21. The van der Waals surface area contributed by atoms with Crippen molar-refractivity contribution in [3.63, 3.8) is 0 Å². The van der Waals surface area contributed by atoms with Crippen molar-refractivity contribution in [3.05, 3.63) is 30.2 Å². The Morgan fingerprint density at radius 1 is 1.29 bits per heavy atom. The van der Waals surface area contributed by atoms with Crippen LogP contribution in [-0.2, 0) is 6.42 Å². The molecule has 90 valence electrons. The van der Waals surface area contributed by atoms with E-state index < -0.39 is 0 Å². The van der Waals surface area contributed by atoms with Gasteiger partial charge in [-0.1, -0.05) is 17.2 Å². The second-order valence-electron chi connectivity index (χ2n) is 3.54. The summed E-state index contributed by atoms with van der Waals surface area (Å²) in [4.78, 5) is 0. The van der Waals surface area contributed by atoms with Gasteiger partial charge < -0.3 is 20.6 Å². The predicted molar refractivity (Wildman–Crippen MR) is 63.1 cm³/mol. The lowest BCUT2D eigenvalue weighted by Crippen LogP contribution is -2.00. The van der Waals surface area contributed by atoms with Gasteiger partial charge in [-0.15, -0.1) is 5.10 Å². The molecular weight excluding hydrogens is 220 g/mol. The third-order valence-corrected chi connectivity index (χ3v) is 2.21. The van der Waals surface area contributed by atoms with Gasteiger partial charge in [-0.3, -0.25) is 0 Å². The van der Waals surface area contributed by atoms with Gasteiger partial charge in [-0.25, -0.2) is 0 Å². The second kappa shape index (κ2) is 5.31. The smallest absolute Gasteiger partial charge is 0.320 e. The Hall–Kier alpha value is -2.08. The van der Waals surface area contributed by atoms with Crippen molar-refractivity contribution in [2.75, 3.05) is 11.9 Å². The van der Waals surface area contributed by atoms with Crippen molar-refractivity contribution < 1.29 is 9.52 Å². The zero-order valence-corrected chi connectivity index (χ0v) is 9.26. The summed E-state index contributed by atoms with van der Waals surface area (Å²) in [6.45, 7) is 0.588. The van der Waals surface area contributed by atoms with Crippen LogP contribution in [0.15, 0.2) is 28.7 Å². The van der Waals surface area contributed by atoms with Gasteiger partial charge in [0.25, 0.3) is 0 Å². The lowest BCUT2D eigenvalue weighted by Gasteiger charge is -2.02. The van der Waals surface area contributed by atoms with E-state index in [2.05, 4.69) is 15.5 Å². The zero-order chi connectivity index (χ0) is 12.1. The molecule has 0 radical (unpaired) electrons. The number of para-hydroxylation sites is 2. The number of nitrogens with zero attached hydrogens (tertiary/aromatic N) is 2. The van der Waals surface area contributed by atoms with Gasteiger partial charge in [0.2, 0.25) is 5.89 Å². The highest BCUT2D eigenvalue weighted by molar-refractivity contribution is 5.60. The molecule has 1 aromatic carbocycles. The number of aryl methyl sites for hydroxylation is 1. The molecule has 0 aliphatic carbocycles. The largest absolute Gasteiger partial charge is 0.506 e. The van der Waals surface area contributed by atoms with E-state index in [-0.39, 0.29) is 11.8 Å². The number of hydrogen-bond donors (Lipinski definition) is 3. The molecule has 1 heterocycles. The Bertz CT molecular complexity index is 484. The van der Waals surface area contributed by atoms with Crippen LogP contribution in [0.4, 0.5) is 11.7 Å². The van der Waals surface area contributed by atoms with E-state index in [9.17, 15) is 5.11 Å². The first kappa shape index (κ1) is 11.4. The summed E-state index contributed by atoms with van der Waals surface area (Å²) < 4.78 is 5.34. The van der Waals surface area contributed by atoms with Crippen molar-refractivity contribution in [3.8, 4) is 5.75 Å². The first-order valence-corrected chi connectivity index (χ1v) is 5.37. The number of benzene rings is 1. The summed E-state index contributed by atoms with van der Waals surface area (Å²) >= 11 is 0. The molecule has 2 aromatic rings. The fraction of sp³-hybridized carbons (Fsp3) is 0.273. The quantitative estimate of drug-likeness (QED) is 0.677. The predicted octanol–water partition coefficient (Wildman–Crippen LogP) is 1.41. The van der Waals surface area contributed by atoms with Crippen molar-refractivity contribution >= 4 is 11.7 Å². The maximum atomic E-state index is 9.55. The average Bonchev–Trinajstić information content (AvgIpc) is 2.77. The van der Waals surface area contributed by atoms with E-state index in [1.54, 1.807) is 24.3 Å². The van der Waals surface area contributed by atoms with Crippen molar-refractivity contribution in [1.29, 1.82) is 0 Å². The van der Waals surface area contributed by atoms with Gasteiger partial charge in [0.05, 0.1) is 5.69 Å². The van der Waals surface area contributed by atoms with Gasteiger partial charge in [0.1, 0.15) is 5.75 Å². The van der Waals surface area contributed by atoms with Crippen LogP contribution < -0.4 is 11.1 Å². The van der Waals surface area contributed by atoms with Crippen LogP contribution in [-0.4, -0.2) is 21.8 Å². The average molecular weight is 234 g/mol. The topological polar surface area (TPSA) is 97.2 Å². The van der Waals surface area contributed by atoms with E-state index in [0.717, 1.165) is 6.42 Å². The Morgan fingerprint density at radius 2 is 2.12 bits per heavy atom. The van der Waals surface area contributed by atoms with Crippen LogP contribution in [0.1, 0.15) is 12.3 Å². The number of phenolic OH excluding ortho intramolecular Hbond substituents is 1. The van der Waals surface area contributed by atoms with Crippen LogP contribution in [0.5, 0.6) is 5.75 Å². The highest BCUT2D eigenvalue weighted by Gasteiger charge is 2.07. The molecule has 6 heteroatoms. The van der Waals surface area contributed by atoms with Crippen molar-refractivity contribution in [1.82, 2.24) is 10.2 Å². The number of aromatic nitrogens is 2. The van der Waals surface area contributed by atoms with Crippen molar-refractivity contribution in [2.45, 2.75) is 12.8 Å². The van der Waals surface area contributed by atoms with Crippen LogP contribution in [0.2, 0.25) is 0 Å². The number of rotatable bonds is 5. The number of hydrogen-bond acceptors (Lipinski definition) is 6. The van der Waals surface area contributed by atoms with E-state index in [1.807, 2.05) is 0 Å². The van der Waals surface area contributed by atoms with Gasteiger partial charge in [0, 0.05) is 6.42 Å². The Labute approximate surface area is 98.5 Å². The Morgan fingerprint density at radius 3 is 2.88 bits per heavy atom. The minimum Gasteiger partial charge on any atom is -0.506 e. The van der Waals surface area contributed by atoms with Gasteiger partial charge in [-0.2, -0.15) is 0 Å². The molecule has 0 atom stereocenters. The first-order chi connectivity index (χ1) is 8.29. The van der Waals surface area contributed by atoms with Crippen molar-refractivity contribution in [2.24, 2.45) is 5.73 Å². The number of aromatic hydroxyl groups is 1. The third kappa shape index (κ3) is 2.94. The second-order valence-corrected chi connectivity index (χ2v) is 3.54. The van der Waals surface area contributed by atoms with Crippen LogP contribution in [0.3, 0.4) is 0 Å². The fourth-order valence-corrected chi connectivity index (χ4v) is 1.35. The molecule has 4 N–H and O–H groups in total. The number of phenols is 1. The molecule has 0 fully saturated rings. The summed E-state index contributed by atoms with van der Waals surface area (Å²) in [7, 11) is 0. The molecular formula is C11H14N4O2. The number of nitrogens with two attached hydrogens (primary N) is 1. The molecule has 1 aromatic heterocycles. The van der Waals surface area contributed by atoms with E-state index in [0.29, 0.717) is 24.5 Å². The summed E-state index contributed by atoms with van der Waals surface area (Å²) in [6.07, 6.45) is 1.46. The van der Waals surface area contributed by atoms with Crippen LogP contribution in [0.25, 0.3) is 0 Å². The molecule has 0 spiro atoms. The lowest BCUT2D eigenvalue weighted by molar-refractivity contribution is 0.475. The van der Waals surface area contributed by atoms with Gasteiger partial charge in [0.15, 0.2) is 0 Å². The normalized spacial score (nSPS) is 10.4. The highest BCUT2D eigenvalue weighted by Crippen LogP contribution is 2.25. The minimum absolute atomic E-state index is 0.134. The number of anilines is 2. The van der Waals surface area contributed by atoms with E-state index in [1.165, 1.54) is 0 Å². The standard InChI is InChI=1S/C11H14N4O2/c12-7-3-6-10-14-15-11(17-10)13-8-4-1-2-5-9(8)16/h1-2,4-5,16H,3,6-7,12H2,(H,13,15). The molecule has 6 nitrogen and oxygen atoms in total. The molecule has 0 unspecified atom stereocenters. The maximum absolute atomic E-state index is 9.55. The summed E-state index contributed by atoms with van der Waals surface area (Å²) in [5.74, 6) is 0.669.